The Balaban J connectivity index is 2.30. The van der Waals surface area contributed by atoms with E-state index in [0.717, 1.165) is 17.1 Å². The molecule has 2 aromatic rings. The number of aryl methyl sites for hydroxylation is 1. The molecule has 4 nitrogen and oxygen atoms in total. The number of hydrogen-bond donors (Lipinski definition) is 1. The molecule has 0 saturated carbocycles. The Hall–Kier alpha value is -1.65. The molecule has 5 heteroatoms. The molecule has 1 aromatic heterocycles. The number of halogens is 1. The molecular formula is C15H18ClN3O. The van der Waals surface area contributed by atoms with Crippen molar-refractivity contribution < 1.29 is 4.74 Å². The third-order valence-corrected chi connectivity index (χ3v) is 3.11. The molecule has 0 bridgehead atoms. The lowest BCUT2D eigenvalue weighted by Crippen LogP contribution is -2.01. The number of ether oxygens (including phenoxy) is 1. The minimum Gasteiger partial charge on any atom is -0.437 e. The van der Waals surface area contributed by atoms with Gasteiger partial charge in [0.2, 0.25) is 5.88 Å². The fraction of sp³-hybridized carbons (Fsp3) is 0.333. The summed E-state index contributed by atoms with van der Waals surface area (Å²) in [4.78, 5) is 8.78. The fourth-order valence-electron chi connectivity index (χ4n) is 1.74. The molecule has 106 valence electrons. The summed E-state index contributed by atoms with van der Waals surface area (Å²) in [6.07, 6.45) is 0. The van der Waals surface area contributed by atoms with Gasteiger partial charge in [0.15, 0.2) is 0 Å². The molecule has 2 N–H and O–H groups in total. The third-order valence-electron chi connectivity index (χ3n) is 2.81. The molecule has 2 rings (SSSR count). The quantitative estimate of drug-likeness (QED) is 0.930. The first kappa shape index (κ1) is 14.8. The highest BCUT2D eigenvalue weighted by atomic mass is 35.5. The number of rotatable bonds is 4. The van der Waals surface area contributed by atoms with Crippen LogP contribution >= 0.6 is 11.6 Å². The maximum Gasteiger partial charge on any atom is 0.222 e. The SMILES string of the molecule is Cc1cc(Oc2ccc(CN)cc2Cl)nc(C(C)C)n1. The standard InChI is InChI=1S/C15H18ClN3O/c1-9(2)15-18-10(3)6-14(19-15)20-13-5-4-11(8-17)7-12(13)16/h4-7,9H,8,17H2,1-3H3. The maximum atomic E-state index is 6.18. The summed E-state index contributed by atoms with van der Waals surface area (Å²) in [5.41, 5.74) is 7.41. The second kappa shape index (κ2) is 6.20. The highest BCUT2D eigenvalue weighted by Crippen LogP contribution is 2.30. The van der Waals surface area contributed by atoms with Crippen molar-refractivity contribution in [2.75, 3.05) is 0 Å². The number of hydrogen-bond acceptors (Lipinski definition) is 4. The summed E-state index contributed by atoms with van der Waals surface area (Å²) in [7, 11) is 0. The molecule has 20 heavy (non-hydrogen) atoms. The van der Waals surface area contributed by atoms with Crippen LogP contribution in [0.5, 0.6) is 11.6 Å². The van der Waals surface area contributed by atoms with E-state index >= 15 is 0 Å². The molecule has 0 aliphatic carbocycles. The van der Waals surface area contributed by atoms with Crippen molar-refractivity contribution in [2.24, 2.45) is 5.73 Å². The number of aromatic nitrogens is 2. The van der Waals surface area contributed by atoms with Gasteiger partial charge in [0.1, 0.15) is 11.6 Å². The van der Waals surface area contributed by atoms with E-state index in [1.54, 1.807) is 18.2 Å². The minimum atomic E-state index is 0.243. The lowest BCUT2D eigenvalue weighted by atomic mass is 10.2. The molecular weight excluding hydrogens is 274 g/mol. The Labute approximate surface area is 124 Å². The summed E-state index contributed by atoms with van der Waals surface area (Å²) < 4.78 is 5.76. The van der Waals surface area contributed by atoms with E-state index in [-0.39, 0.29) is 5.92 Å². The maximum absolute atomic E-state index is 6.18. The molecule has 0 amide bonds. The van der Waals surface area contributed by atoms with Crippen LogP contribution < -0.4 is 10.5 Å². The van der Waals surface area contributed by atoms with E-state index in [2.05, 4.69) is 9.97 Å². The summed E-state index contributed by atoms with van der Waals surface area (Å²) in [6.45, 7) is 6.45. The molecule has 0 saturated heterocycles. The number of nitrogens with zero attached hydrogens (tertiary/aromatic N) is 2. The predicted octanol–water partition coefficient (Wildman–Crippen LogP) is 3.81. The van der Waals surface area contributed by atoms with E-state index in [1.807, 2.05) is 26.8 Å². The van der Waals surface area contributed by atoms with Crippen LogP contribution in [0.25, 0.3) is 0 Å². The van der Waals surface area contributed by atoms with E-state index in [1.165, 1.54) is 0 Å². The van der Waals surface area contributed by atoms with Crippen LogP contribution in [0.15, 0.2) is 24.3 Å². The predicted molar refractivity (Wildman–Crippen MR) is 80.3 cm³/mol. The number of nitrogens with two attached hydrogens (primary N) is 1. The van der Waals surface area contributed by atoms with Gasteiger partial charge in [0, 0.05) is 24.2 Å². The molecule has 0 unspecified atom stereocenters. The van der Waals surface area contributed by atoms with Crippen molar-refractivity contribution in [3.05, 3.63) is 46.4 Å². The first-order valence-corrected chi connectivity index (χ1v) is 6.89. The van der Waals surface area contributed by atoms with Crippen molar-refractivity contribution in [2.45, 2.75) is 33.2 Å². The smallest absolute Gasteiger partial charge is 0.222 e. The third kappa shape index (κ3) is 3.46. The Kier molecular flexibility index (Phi) is 4.57. The largest absolute Gasteiger partial charge is 0.437 e. The van der Waals surface area contributed by atoms with Crippen molar-refractivity contribution >= 4 is 11.6 Å². The van der Waals surface area contributed by atoms with Crippen LogP contribution in [0.3, 0.4) is 0 Å². The van der Waals surface area contributed by atoms with Crippen molar-refractivity contribution in [1.29, 1.82) is 0 Å². The second-order valence-corrected chi connectivity index (χ2v) is 5.34. The van der Waals surface area contributed by atoms with Crippen LogP contribution in [-0.4, -0.2) is 9.97 Å². The van der Waals surface area contributed by atoms with Gasteiger partial charge in [0.25, 0.3) is 0 Å². The first-order valence-electron chi connectivity index (χ1n) is 6.51. The van der Waals surface area contributed by atoms with Gasteiger partial charge in [-0.1, -0.05) is 31.5 Å². The summed E-state index contributed by atoms with van der Waals surface area (Å²) in [6, 6.07) is 7.28. The van der Waals surface area contributed by atoms with Gasteiger partial charge in [0.05, 0.1) is 5.02 Å². The van der Waals surface area contributed by atoms with Gasteiger partial charge >= 0.3 is 0 Å². The van der Waals surface area contributed by atoms with E-state index < -0.39 is 0 Å². The van der Waals surface area contributed by atoms with E-state index in [9.17, 15) is 0 Å². The summed E-state index contributed by atoms with van der Waals surface area (Å²) >= 11 is 6.18. The fourth-order valence-corrected chi connectivity index (χ4v) is 1.98. The summed E-state index contributed by atoms with van der Waals surface area (Å²) in [5.74, 6) is 2.07. The topological polar surface area (TPSA) is 61.0 Å². The van der Waals surface area contributed by atoms with Gasteiger partial charge in [-0.3, -0.25) is 0 Å². The highest BCUT2D eigenvalue weighted by molar-refractivity contribution is 6.32. The monoisotopic (exact) mass is 291 g/mol. The minimum absolute atomic E-state index is 0.243. The molecule has 1 aromatic carbocycles. The Morgan fingerprint density at radius 2 is 2.00 bits per heavy atom. The van der Waals surface area contributed by atoms with Crippen LogP contribution in [0.4, 0.5) is 0 Å². The molecule has 0 fully saturated rings. The lowest BCUT2D eigenvalue weighted by molar-refractivity contribution is 0.456. The van der Waals surface area contributed by atoms with Gasteiger partial charge in [-0.15, -0.1) is 0 Å². The summed E-state index contributed by atoms with van der Waals surface area (Å²) in [5, 5.41) is 0.523. The molecule has 0 radical (unpaired) electrons. The second-order valence-electron chi connectivity index (χ2n) is 4.93. The zero-order valence-electron chi connectivity index (χ0n) is 11.9. The van der Waals surface area contributed by atoms with Crippen LogP contribution in [0.2, 0.25) is 5.02 Å². The molecule has 0 spiro atoms. The van der Waals surface area contributed by atoms with Gasteiger partial charge in [-0.05, 0) is 24.6 Å². The first-order chi connectivity index (χ1) is 9.49. The normalized spacial score (nSPS) is 10.9. The van der Waals surface area contributed by atoms with Crippen LogP contribution in [0.1, 0.15) is 36.8 Å². The van der Waals surface area contributed by atoms with E-state index in [0.29, 0.717) is 23.2 Å². The van der Waals surface area contributed by atoms with Crippen LogP contribution in [0, 0.1) is 6.92 Å². The van der Waals surface area contributed by atoms with E-state index in [4.69, 9.17) is 22.1 Å². The van der Waals surface area contributed by atoms with Gasteiger partial charge < -0.3 is 10.5 Å². The molecule has 0 aliphatic heterocycles. The zero-order valence-corrected chi connectivity index (χ0v) is 12.6. The van der Waals surface area contributed by atoms with Crippen LogP contribution in [-0.2, 0) is 6.54 Å². The van der Waals surface area contributed by atoms with Crippen molar-refractivity contribution in [3.8, 4) is 11.6 Å². The van der Waals surface area contributed by atoms with Crippen molar-refractivity contribution in [1.82, 2.24) is 9.97 Å². The Bertz CT molecular complexity index is 614. The molecule has 0 atom stereocenters. The molecule has 0 aliphatic rings. The Morgan fingerprint density at radius 1 is 1.25 bits per heavy atom. The lowest BCUT2D eigenvalue weighted by Gasteiger charge is -2.11. The highest BCUT2D eigenvalue weighted by Gasteiger charge is 2.09. The van der Waals surface area contributed by atoms with Crippen molar-refractivity contribution in [3.63, 3.8) is 0 Å². The van der Waals surface area contributed by atoms with Gasteiger partial charge in [-0.25, -0.2) is 4.98 Å². The number of benzene rings is 1. The molecule has 1 heterocycles. The zero-order chi connectivity index (χ0) is 14.7. The van der Waals surface area contributed by atoms with Gasteiger partial charge in [-0.2, -0.15) is 4.98 Å². The Morgan fingerprint density at radius 3 is 2.60 bits per heavy atom. The average Bonchev–Trinajstić information content (AvgIpc) is 2.40. The average molecular weight is 292 g/mol.